The van der Waals surface area contributed by atoms with Crippen molar-refractivity contribution in [1.29, 1.82) is 0 Å². The monoisotopic (exact) mass is 374 g/mol. The van der Waals surface area contributed by atoms with Gasteiger partial charge in [0.2, 0.25) is 0 Å². The smallest absolute Gasteiger partial charge is 0.321 e. The van der Waals surface area contributed by atoms with E-state index in [2.05, 4.69) is 0 Å². The maximum absolute atomic E-state index is 12.5. The first-order valence-electron chi connectivity index (χ1n) is 6.68. The van der Waals surface area contributed by atoms with E-state index >= 15 is 0 Å². The quantitative estimate of drug-likeness (QED) is 0.430. The number of carbonyl (C=O) groups excluding carboxylic acids is 2. The fraction of sp³-hybridized carbons (Fsp3) is 0.286. The summed E-state index contributed by atoms with van der Waals surface area (Å²) in [5.41, 5.74) is -0.164. The van der Waals surface area contributed by atoms with E-state index in [1.165, 1.54) is 12.1 Å². The molecule has 1 heterocycles. The van der Waals surface area contributed by atoms with Crippen molar-refractivity contribution in [3.63, 3.8) is 0 Å². The number of esters is 2. The molecule has 128 valence electrons. The van der Waals surface area contributed by atoms with Gasteiger partial charge in [-0.3, -0.25) is 9.59 Å². The van der Waals surface area contributed by atoms with E-state index in [9.17, 15) is 19.7 Å². The molecule has 0 aliphatic rings. The first kappa shape index (κ1) is 18.0. The third-order valence-corrected chi connectivity index (χ3v) is 3.54. The van der Waals surface area contributed by atoms with Gasteiger partial charge in [-0.1, -0.05) is 12.1 Å². The maximum atomic E-state index is 12.5. The molecule has 10 heteroatoms. The second-order valence-electron chi connectivity index (χ2n) is 4.56. The Morgan fingerprint density at radius 3 is 2.29 bits per heavy atom. The van der Waals surface area contributed by atoms with E-state index in [1.54, 1.807) is 12.1 Å². The van der Waals surface area contributed by atoms with Crippen LogP contribution in [-0.2, 0) is 32.3 Å². The van der Waals surface area contributed by atoms with Crippen molar-refractivity contribution in [3.05, 3.63) is 45.8 Å². The highest BCUT2D eigenvalue weighted by molar-refractivity contribution is 6.26. The van der Waals surface area contributed by atoms with Crippen molar-refractivity contribution in [2.24, 2.45) is 0 Å². The van der Waals surface area contributed by atoms with E-state index in [-0.39, 0.29) is 22.4 Å². The molecule has 0 bridgehead atoms. The summed E-state index contributed by atoms with van der Waals surface area (Å²) < 4.78 is 10.6. The predicted molar refractivity (Wildman–Crippen MR) is 85.1 cm³/mol. The topological polar surface area (TPSA) is 104 Å². The van der Waals surface area contributed by atoms with Gasteiger partial charge in [-0.25, -0.2) is 0 Å². The fourth-order valence-corrected chi connectivity index (χ4v) is 2.15. The summed E-state index contributed by atoms with van der Waals surface area (Å²) >= 11 is 10.7. The van der Waals surface area contributed by atoms with Gasteiger partial charge in [-0.05, 0) is 6.07 Å². The van der Waals surface area contributed by atoms with Crippen molar-refractivity contribution in [2.45, 2.75) is 13.2 Å². The molecule has 1 aromatic heterocycles. The van der Waals surface area contributed by atoms with Crippen LogP contribution in [0.1, 0.15) is 11.4 Å². The number of nitrogens with zero attached hydrogens (tertiary/aromatic N) is 2. The van der Waals surface area contributed by atoms with Crippen LogP contribution in [0, 0.1) is 10.1 Å². The van der Waals surface area contributed by atoms with Gasteiger partial charge in [0.15, 0.2) is 6.61 Å². The van der Waals surface area contributed by atoms with Crippen molar-refractivity contribution in [1.82, 2.24) is 4.73 Å². The number of ether oxygens (including phenoxy) is 2. The molecule has 0 saturated carbocycles. The Hall–Kier alpha value is -2.32. The molecule has 0 saturated heterocycles. The van der Waals surface area contributed by atoms with Crippen molar-refractivity contribution < 1.29 is 23.5 Å². The van der Waals surface area contributed by atoms with Crippen LogP contribution >= 0.6 is 23.2 Å². The number of fused-ring (bicyclic) bond motifs is 1. The van der Waals surface area contributed by atoms with Crippen LogP contribution in [0.3, 0.4) is 0 Å². The van der Waals surface area contributed by atoms with Crippen LogP contribution in [0.2, 0.25) is 0 Å². The minimum Gasteiger partial charge on any atom is -0.805 e. The zero-order chi connectivity index (χ0) is 17.7. The summed E-state index contributed by atoms with van der Waals surface area (Å²) in [5.74, 6) is -2.32. The SMILES string of the molecule is O=C(CCl)OCc1c(COC(=O)CCl)[n+](=O)c2ccccc2n1[O-]. The van der Waals surface area contributed by atoms with E-state index in [1.807, 2.05) is 0 Å². The number of aromatic nitrogens is 2. The molecule has 0 N–H and O–H groups in total. The van der Waals surface area contributed by atoms with E-state index in [4.69, 9.17) is 32.7 Å². The fourth-order valence-electron chi connectivity index (χ4n) is 1.99. The van der Waals surface area contributed by atoms with Gasteiger partial charge in [0.05, 0.1) is 4.43 Å². The summed E-state index contributed by atoms with van der Waals surface area (Å²) in [4.78, 5) is 34.9. The molecule has 0 aliphatic carbocycles. The number of hydrogen-bond acceptors (Lipinski definition) is 6. The van der Waals surface area contributed by atoms with Crippen LogP contribution in [0.5, 0.6) is 0 Å². The Labute approximate surface area is 145 Å². The van der Waals surface area contributed by atoms with Crippen LogP contribution < -0.4 is 4.43 Å². The molecule has 0 unspecified atom stereocenters. The normalized spacial score (nSPS) is 10.6. The van der Waals surface area contributed by atoms with Gasteiger partial charge in [0, 0.05) is 11.0 Å². The Kier molecular flexibility index (Phi) is 5.99. The lowest BCUT2D eigenvalue weighted by molar-refractivity contribution is -0.479. The standard InChI is InChI=1S/C14H12Cl2N2O6/c15-5-13(19)23-7-11-12(8-24-14(20)6-16)18(22)10-4-2-1-3-9(10)17(11)21/h1-4H,5-8H2. The van der Waals surface area contributed by atoms with Crippen molar-refractivity contribution >= 4 is 46.2 Å². The number of alkyl halides is 2. The second-order valence-corrected chi connectivity index (χ2v) is 5.09. The van der Waals surface area contributed by atoms with Crippen LogP contribution in [-0.4, -0.2) is 28.4 Å². The van der Waals surface area contributed by atoms with Gasteiger partial charge < -0.3 is 19.4 Å². The maximum Gasteiger partial charge on any atom is 0.321 e. The first-order valence-corrected chi connectivity index (χ1v) is 7.75. The predicted octanol–water partition coefficient (Wildman–Crippen LogP) is 1.47. The van der Waals surface area contributed by atoms with Gasteiger partial charge in [-0.15, -0.1) is 23.2 Å². The highest BCUT2D eigenvalue weighted by atomic mass is 35.5. The number of para-hydroxylation sites is 2. The second kappa shape index (κ2) is 7.98. The number of benzene rings is 1. The van der Waals surface area contributed by atoms with Crippen LogP contribution in [0.4, 0.5) is 0 Å². The largest absolute Gasteiger partial charge is 0.805 e. The molecule has 0 amide bonds. The molecule has 2 aromatic rings. The van der Waals surface area contributed by atoms with E-state index in [0.29, 0.717) is 9.16 Å². The summed E-state index contributed by atoms with van der Waals surface area (Å²) in [7, 11) is 0. The molecular formula is C14H12Cl2N2O6. The van der Waals surface area contributed by atoms with Gasteiger partial charge >= 0.3 is 11.9 Å². The van der Waals surface area contributed by atoms with Crippen molar-refractivity contribution in [3.8, 4) is 0 Å². The van der Waals surface area contributed by atoms with Gasteiger partial charge in [-0.2, -0.15) is 0 Å². The molecule has 0 radical (unpaired) electrons. The number of carbonyl (C=O) groups is 2. The average Bonchev–Trinajstić information content (AvgIpc) is 2.61. The van der Waals surface area contributed by atoms with Crippen LogP contribution in [0.15, 0.2) is 24.3 Å². The van der Waals surface area contributed by atoms with Gasteiger partial charge in [0.25, 0.3) is 11.2 Å². The number of hydrogen-bond donors (Lipinski definition) is 0. The molecule has 0 aliphatic heterocycles. The van der Waals surface area contributed by atoms with Gasteiger partial charge in [0.1, 0.15) is 29.6 Å². The Morgan fingerprint density at radius 2 is 1.67 bits per heavy atom. The van der Waals surface area contributed by atoms with E-state index in [0.717, 1.165) is 0 Å². The zero-order valence-electron chi connectivity index (χ0n) is 12.2. The lowest BCUT2D eigenvalue weighted by Crippen LogP contribution is -2.30. The zero-order valence-corrected chi connectivity index (χ0v) is 13.7. The molecule has 0 spiro atoms. The summed E-state index contributed by atoms with van der Waals surface area (Å²) in [6, 6.07) is 6.05. The van der Waals surface area contributed by atoms with Crippen LogP contribution in [0.25, 0.3) is 11.0 Å². The molecular weight excluding hydrogens is 363 g/mol. The molecule has 2 rings (SSSR count). The lowest BCUT2D eigenvalue weighted by Gasteiger charge is -2.18. The average molecular weight is 375 g/mol. The highest BCUT2D eigenvalue weighted by Crippen LogP contribution is 2.16. The molecule has 8 nitrogen and oxygen atoms in total. The Bertz CT molecular complexity index is 836. The molecule has 24 heavy (non-hydrogen) atoms. The Morgan fingerprint density at radius 1 is 1.08 bits per heavy atom. The molecule has 0 atom stereocenters. The molecule has 1 aromatic carbocycles. The summed E-state index contributed by atoms with van der Waals surface area (Å²) in [6.07, 6.45) is 0. The minimum atomic E-state index is -0.758. The van der Waals surface area contributed by atoms with E-state index < -0.39 is 36.9 Å². The minimum absolute atomic E-state index is 0.0804. The third-order valence-electron chi connectivity index (χ3n) is 3.10. The summed E-state index contributed by atoms with van der Waals surface area (Å²) in [5, 5.41) is 12.5. The number of halogens is 2. The third kappa shape index (κ3) is 3.77. The number of rotatable bonds is 6. The Balaban J connectivity index is 2.53. The highest BCUT2D eigenvalue weighted by Gasteiger charge is 2.24. The molecule has 0 fully saturated rings. The van der Waals surface area contributed by atoms with Crippen molar-refractivity contribution in [2.75, 3.05) is 11.8 Å². The first-order chi connectivity index (χ1) is 11.5. The summed E-state index contributed by atoms with van der Waals surface area (Å²) in [6.45, 7) is -0.980. The lowest BCUT2D eigenvalue weighted by atomic mass is 10.2.